The lowest BCUT2D eigenvalue weighted by molar-refractivity contribution is -0.113. The lowest BCUT2D eigenvalue weighted by atomic mass is 10.5. The molecule has 0 unspecified atom stereocenters. The van der Waals surface area contributed by atoms with Gasteiger partial charge in [-0.2, -0.15) is 0 Å². The number of carbonyl (C=O) groups is 1. The Morgan fingerprint density at radius 2 is 2.33 bits per heavy atom. The summed E-state index contributed by atoms with van der Waals surface area (Å²) in [4.78, 5) is 10.2. The van der Waals surface area contributed by atoms with E-state index in [0.717, 1.165) is 0 Å². The predicted molar refractivity (Wildman–Crippen MR) is 34.6 cm³/mol. The summed E-state index contributed by atoms with van der Waals surface area (Å²) in [6, 6.07) is 0. The Morgan fingerprint density at radius 1 is 1.78 bits per heavy atom. The van der Waals surface area contributed by atoms with Gasteiger partial charge in [-0.3, -0.25) is 4.79 Å². The van der Waals surface area contributed by atoms with Crippen LogP contribution in [0.15, 0.2) is 11.8 Å². The van der Waals surface area contributed by atoms with Gasteiger partial charge in [0.2, 0.25) is 5.91 Å². The van der Waals surface area contributed by atoms with Gasteiger partial charge in [0.15, 0.2) is 0 Å². The van der Waals surface area contributed by atoms with E-state index in [4.69, 9.17) is 10.5 Å². The van der Waals surface area contributed by atoms with Gasteiger partial charge in [0.25, 0.3) is 0 Å². The summed E-state index contributed by atoms with van der Waals surface area (Å²) in [7, 11) is 0. The van der Waals surface area contributed by atoms with Crippen LogP contribution in [-0.2, 0) is 9.53 Å². The first-order chi connectivity index (χ1) is 4.16. The minimum absolute atomic E-state index is 0.471. The second-order valence-electron chi connectivity index (χ2n) is 1.59. The average Bonchev–Trinajstić information content (AvgIpc) is 1.63. The first-order valence-electron chi connectivity index (χ1n) is 2.77. The largest absolute Gasteiger partial charge is 0.498 e. The molecule has 0 spiro atoms. The molecule has 3 heteroatoms. The average molecular weight is 129 g/mol. The number of nitrogens with two attached hydrogens (primary N) is 1. The molecule has 52 valence electrons. The molecule has 0 rings (SSSR count). The van der Waals surface area contributed by atoms with Crippen molar-refractivity contribution in [3.05, 3.63) is 11.8 Å². The van der Waals surface area contributed by atoms with Crippen LogP contribution in [0.1, 0.15) is 13.8 Å². The smallest absolute Gasteiger partial charge is 0.244 e. The van der Waals surface area contributed by atoms with Gasteiger partial charge in [-0.1, -0.05) is 0 Å². The summed E-state index contributed by atoms with van der Waals surface area (Å²) in [5.41, 5.74) is 4.83. The standard InChI is InChI=1S/C6H11NO2/c1-3-9-5(2)4-6(7)8/h4H,3H2,1-2H3,(H2,7,8)/b5-4+. The normalized spacial score (nSPS) is 11.1. The maximum atomic E-state index is 10.2. The van der Waals surface area contributed by atoms with Crippen molar-refractivity contribution < 1.29 is 9.53 Å². The van der Waals surface area contributed by atoms with Crippen LogP contribution in [0.5, 0.6) is 0 Å². The molecule has 0 aliphatic rings. The first kappa shape index (κ1) is 8.01. The molecule has 3 nitrogen and oxygen atoms in total. The Labute approximate surface area is 54.5 Å². The number of primary amides is 1. The Hall–Kier alpha value is -0.990. The molecule has 0 saturated carbocycles. The van der Waals surface area contributed by atoms with E-state index < -0.39 is 5.91 Å². The molecule has 9 heavy (non-hydrogen) atoms. The van der Waals surface area contributed by atoms with Gasteiger partial charge < -0.3 is 10.5 Å². The van der Waals surface area contributed by atoms with Crippen molar-refractivity contribution in [1.29, 1.82) is 0 Å². The molecule has 1 amide bonds. The summed E-state index contributed by atoms with van der Waals surface area (Å²) in [6.45, 7) is 4.10. The number of ether oxygens (including phenoxy) is 1. The van der Waals surface area contributed by atoms with Crippen molar-refractivity contribution in [3.63, 3.8) is 0 Å². The van der Waals surface area contributed by atoms with Crippen molar-refractivity contribution in [3.8, 4) is 0 Å². The van der Waals surface area contributed by atoms with Gasteiger partial charge in [0.05, 0.1) is 12.4 Å². The third-order valence-electron chi connectivity index (χ3n) is 0.718. The molecule has 0 aromatic rings. The van der Waals surface area contributed by atoms with E-state index in [1.807, 2.05) is 6.92 Å². The van der Waals surface area contributed by atoms with Crippen LogP contribution in [0.25, 0.3) is 0 Å². The van der Waals surface area contributed by atoms with E-state index in [-0.39, 0.29) is 0 Å². The Kier molecular flexibility index (Phi) is 3.51. The zero-order valence-electron chi connectivity index (χ0n) is 5.68. The highest BCUT2D eigenvalue weighted by Gasteiger charge is 1.89. The fraction of sp³-hybridized carbons (Fsp3) is 0.500. The second kappa shape index (κ2) is 3.95. The molecule has 0 fully saturated rings. The molecule has 0 aliphatic carbocycles. The quantitative estimate of drug-likeness (QED) is 0.443. The van der Waals surface area contributed by atoms with Gasteiger partial charge >= 0.3 is 0 Å². The molecule has 0 aromatic heterocycles. The summed E-state index contributed by atoms with van der Waals surface area (Å²) < 4.78 is 4.91. The minimum Gasteiger partial charge on any atom is -0.498 e. The van der Waals surface area contributed by atoms with E-state index >= 15 is 0 Å². The van der Waals surface area contributed by atoms with Crippen molar-refractivity contribution >= 4 is 5.91 Å². The molecule has 0 heterocycles. The molecular weight excluding hydrogens is 118 g/mol. The monoisotopic (exact) mass is 129 g/mol. The van der Waals surface area contributed by atoms with Gasteiger partial charge in [-0.15, -0.1) is 0 Å². The maximum absolute atomic E-state index is 10.2. The molecular formula is C6H11NO2. The molecule has 2 N–H and O–H groups in total. The van der Waals surface area contributed by atoms with E-state index in [0.29, 0.717) is 12.4 Å². The first-order valence-corrected chi connectivity index (χ1v) is 2.77. The number of hydrogen-bond acceptors (Lipinski definition) is 2. The third-order valence-corrected chi connectivity index (χ3v) is 0.718. The number of hydrogen-bond donors (Lipinski definition) is 1. The van der Waals surface area contributed by atoms with Crippen LogP contribution in [-0.4, -0.2) is 12.5 Å². The van der Waals surface area contributed by atoms with Crippen LogP contribution >= 0.6 is 0 Å². The zero-order valence-corrected chi connectivity index (χ0v) is 5.68. The summed E-state index contributed by atoms with van der Waals surface area (Å²) >= 11 is 0. The molecule has 0 aromatic carbocycles. The Bertz CT molecular complexity index is 129. The lowest BCUT2D eigenvalue weighted by Gasteiger charge is -1.98. The third kappa shape index (κ3) is 4.87. The van der Waals surface area contributed by atoms with Crippen molar-refractivity contribution in [2.75, 3.05) is 6.61 Å². The van der Waals surface area contributed by atoms with Gasteiger partial charge in [0, 0.05) is 6.08 Å². The number of carbonyl (C=O) groups excluding carboxylic acids is 1. The van der Waals surface area contributed by atoms with Crippen molar-refractivity contribution in [1.82, 2.24) is 0 Å². The summed E-state index contributed by atoms with van der Waals surface area (Å²) in [6.07, 6.45) is 1.25. The van der Waals surface area contributed by atoms with Crippen LogP contribution in [0.4, 0.5) is 0 Å². The predicted octanol–water partition coefficient (Wildman–Crippen LogP) is 0.412. The lowest BCUT2D eigenvalue weighted by Crippen LogP contribution is -2.07. The van der Waals surface area contributed by atoms with E-state index in [9.17, 15) is 4.79 Å². The fourth-order valence-electron chi connectivity index (χ4n) is 0.470. The van der Waals surface area contributed by atoms with Gasteiger partial charge in [0.1, 0.15) is 0 Å². The van der Waals surface area contributed by atoms with Gasteiger partial charge in [-0.25, -0.2) is 0 Å². The highest BCUT2D eigenvalue weighted by molar-refractivity contribution is 5.86. The Balaban J connectivity index is 3.69. The molecule has 0 aliphatic heterocycles. The molecule has 0 bridgehead atoms. The minimum atomic E-state index is -0.471. The van der Waals surface area contributed by atoms with Crippen molar-refractivity contribution in [2.45, 2.75) is 13.8 Å². The summed E-state index contributed by atoms with van der Waals surface area (Å²) in [5, 5.41) is 0. The van der Waals surface area contributed by atoms with Crippen LogP contribution in [0.3, 0.4) is 0 Å². The van der Waals surface area contributed by atoms with Gasteiger partial charge in [-0.05, 0) is 13.8 Å². The second-order valence-corrected chi connectivity index (χ2v) is 1.59. The number of rotatable bonds is 3. The number of amides is 1. The van der Waals surface area contributed by atoms with E-state index in [1.54, 1.807) is 6.92 Å². The highest BCUT2D eigenvalue weighted by Crippen LogP contribution is 1.92. The Morgan fingerprint density at radius 3 is 2.67 bits per heavy atom. The fourth-order valence-corrected chi connectivity index (χ4v) is 0.470. The van der Waals surface area contributed by atoms with E-state index in [2.05, 4.69) is 0 Å². The van der Waals surface area contributed by atoms with E-state index in [1.165, 1.54) is 6.08 Å². The molecule has 0 saturated heterocycles. The summed E-state index contributed by atoms with van der Waals surface area (Å²) in [5.74, 6) is 0.0888. The SMILES string of the molecule is CCO/C(C)=C/C(N)=O. The van der Waals surface area contributed by atoms with Crippen LogP contribution in [0, 0.1) is 0 Å². The molecule has 0 atom stereocenters. The van der Waals surface area contributed by atoms with Crippen LogP contribution in [0.2, 0.25) is 0 Å². The number of allylic oxidation sites excluding steroid dienone is 1. The zero-order chi connectivity index (χ0) is 7.28. The van der Waals surface area contributed by atoms with Crippen molar-refractivity contribution in [2.24, 2.45) is 5.73 Å². The topological polar surface area (TPSA) is 52.3 Å². The maximum Gasteiger partial charge on any atom is 0.244 e. The van der Waals surface area contributed by atoms with Crippen LogP contribution < -0.4 is 5.73 Å². The highest BCUT2D eigenvalue weighted by atomic mass is 16.5. The molecule has 0 radical (unpaired) electrons.